The molecule has 0 amide bonds. The number of nitrogens with zero attached hydrogens (tertiary/aromatic N) is 4. The van der Waals surface area contributed by atoms with Gasteiger partial charge in [-0.05, 0) is 19.1 Å². The number of aromatic carboxylic acids is 1. The van der Waals surface area contributed by atoms with Crippen LogP contribution in [0.4, 0.5) is 5.69 Å². The smallest absolute Gasteiger partial charge is 0.356 e. The van der Waals surface area contributed by atoms with Crippen molar-refractivity contribution in [3.63, 3.8) is 0 Å². The molecule has 1 N–H and O–H groups in total. The number of aromatic nitrogens is 2. The van der Waals surface area contributed by atoms with Gasteiger partial charge in [-0.2, -0.15) is 0 Å². The van der Waals surface area contributed by atoms with E-state index in [2.05, 4.69) is 51.0 Å². The van der Waals surface area contributed by atoms with E-state index in [0.29, 0.717) is 12.6 Å². The lowest BCUT2D eigenvalue weighted by molar-refractivity contribution is 0.0690. The number of carboxylic acid groups (broad SMARTS) is 1. The highest BCUT2D eigenvalue weighted by atomic mass is 16.4. The van der Waals surface area contributed by atoms with Crippen molar-refractivity contribution >= 4 is 11.7 Å². The van der Waals surface area contributed by atoms with E-state index >= 15 is 0 Å². The molecule has 1 unspecified atom stereocenters. The summed E-state index contributed by atoms with van der Waals surface area (Å²) in [7, 11) is 0. The molecule has 3 rings (SSSR count). The zero-order valence-electron chi connectivity index (χ0n) is 13.1. The number of para-hydroxylation sites is 1. The van der Waals surface area contributed by atoms with Gasteiger partial charge in [0.05, 0.1) is 18.1 Å². The van der Waals surface area contributed by atoms with E-state index in [1.807, 2.05) is 6.07 Å². The van der Waals surface area contributed by atoms with Gasteiger partial charge in [-0.3, -0.25) is 9.88 Å². The van der Waals surface area contributed by atoms with Gasteiger partial charge in [0.15, 0.2) is 5.69 Å². The number of hydrogen-bond donors (Lipinski definition) is 1. The Hall–Kier alpha value is -2.47. The Kier molecular flexibility index (Phi) is 4.52. The molecule has 0 radical (unpaired) electrons. The lowest BCUT2D eigenvalue weighted by Gasteiger charge is -2.41. The number of benzene rings is 1. The normalized spacial score (nSPS) is 18.8. The van der Waals surface area contributed by atoms with Gasteiger partial charge in [-0.1, -0.05) is 18.2 Å². The standard InChI is InChI=1S/C17H20N4O2/c1-13-11-20(7-8-21(13)15-5-3-2-4-6-15)12-14-9-19-16(10-18-14)17(22)23/h2-6,9-10,13H,7-8,11-12H2,1H3,(H,22,23). The van der Waals surface area contributed by atoms with E-state index in [0.717, 1.165) is 25.3 Å². The Morgan fingerprint density at radius 2 is 2.00 bits per heavy atom. The Labute approximate surface area is 135 Å². The van der Waals surface area contributed by atoms with Crippen molar-refractivity contribution < 1.29 is 9.90 Å². The van der Waals surface area contributed by atoms with E-state index in [1.54, 1.807) is 6.20 Å². The topological polar surface area (TPSA) is 69.6 Å². The lowest BCUT2D eigenvalue weighted by Crippen LogP contribution is -2.51. The highest BCUT2D eigenvalue weighted by Gasteiger charge is 2.24. The molecule has 1 saturated heterocycles. The molecule has 6 heteroatoms. The van der Waals surface area contributed by atoms with Crippen molar-refractivity contribution in [2.24, 2.45) is 0 Å². The average molecular weight is 312 g/mol. The van der Waals surface area contributed by atoms with Gasteiger partial charge >= 0.3 is 5.97 Å². The number of hydrogen-bond acceptors (Lipinski definition) is 5. The molecule has 2 aromatic rings. The molecule has 0 spiro atoms. The fourth-order valence-corrected chi connectivity index (χ4v) is 2.96. The number of anilines is 1. The zero-order chi connectivity index (χ0) is 16.2. The number of rotatable bonds is 4. The summed E-state index contributed by atoms with van der Waals surface area (Å²) in [4.78, 5) is 23.7. The minimum absolute atomic E-state index is 0.0176. The van der Waals surface area contributed by atoms with Gasteiger partial charge in [0, 0.05) is 37.9 Å². The molecule has 1 atom stereocenters. The average Bonchev–Trinajstić information content (AvgIpc) is 2.56. The van der Waals surface area contributed by atoms with Crippen LogP contribution in [0.2, 0.25) is 0 Å². The molecule has 1 fully saturated rings. The summed E-state index contributed by atoms with van der Waals surface area (Å²) in [6.07, 6.45) is 2.87. The first-order valence-electron chi connectivity index (χ1n) is 7.72. The highest BCUT2D eigenvalue weighted by molar-refractivity contribution is 5.84. The van der Waals surface area contributed by atoms with Crippen molar-refractivity contribution in [2.45, 2.75) is 19.5 Å². The molecule has 1 aromatic heterocycles. The number of carboxylic acids is 1. The van der Waals surface area contributed by atoms with Crippen LogP contribution in [-0.4, -0.2) is 51.6 Å². The molecule has 6 nitrogen and oxygen atoms in total. The molecule has 2 heterocycles. The van der Waals surface area contributed by atoms with Gasteiger partial charge in [-0.25, -0.2) is 9.78 Å². The Bertz CT molecular complexity index is 660. The lowest BCUT2D eigenvalue weighted by atomic mass is 10.1. The number of piperazine rings is 1. The van der Waals surface area contributed by atoms with E-state index < -0.39 is 5.97 Å². The molecule has 1 aliphatic heterocycles. The van der Waals surface area contributed by atoms with Crippen molar-refractivity contribution in [1.29, 1.82) is 0 Å². The summed E-state index contributed by atoms with van der Waals surface area (Å²) in [5, 5.41) is 8.85. The first-order valence-corrected chi connectivity index (χ1v) is 7.72. The number of carbonyl (C=O) groups is 1. The zero-order valence-corrected chi connectivity index (χ0v) is 13.1. The van der Waals surface area contributed by atoms with E-state index in [1.165, 1.54) is 11.9 Å². The second-order valence-corrected chi connectivity index (χ2v) is 5.81. The Morgan fingerprint density at radius 3 is 2.61 bits per heavy atom. The van der Waals surface area contributed by atoms with Gasteiger partial charge in [0.2, 0.25) is 0 Å². The minimum Gasteiger partial charge on any atom is -0.476 e. The third kappa shape index (κ3) is 3.65. The first-order chi connectivity index (χ1) is 11.1. The summed E-state index contributed by atoms with van der Waals surface area (Å²) < 4.78 is 0. The maximum Gasteiger partial charge on any atom is 0.356 e. The van der Waals surface area contributed by atoms with Crippen molar-refractivity contribution in [1.82, 2.24) is 14.9 Å². The van der Waals surface area contributed by atoms with Gasteiger partial charge in [-0.15, -0.1) is 0 Å². The van der Waals surface area contributed by atoms with E-state index in [-0.39, 0.29) is 5.69 Å². The SMILES string of the molecule is CC1CN(Cc2cnc(C(=O)O)cn2)CCN1c1ccccc1. The third-order valence-electron chi connectivity index (χ3n) is 4.11. The molecule has 0 aliphatic carbocycles. The van der Waals surface area contributed by atoms with E-state index in [4.69, 9.17) is 5.11 Å². The van der Waals surface area contributed by atoms with Crippen molar-refractivity contribution in [3.05, 3.63) is 54.1 Å². The molecule has 120 valence electrons. The second kappa shape index (κ2) is 6.75. The summed E-state index contributed by atoms with van der Waals surface area (Å²) in [6, 6.07) is 10.9. The Balaban J connectivity index is 1.60. The Morgan fingerprint density at radius 1 is 1.22 bits per heavy atom. The maximum atomic E-state index is 10.8. The quantitative estimate of drug-likeness (QED) is 0.929. The summed E-state index contributed by atoms with van der Waals surface area (Å²) in [6.45, 7) is 5.77. The van der Waals surface area contributed by atoms with Crippen LogP contribution in [0.5, 0.6) is 0 Å². The molecule has 0 saturated carbocycles. The third-order valence-corrected chi connectivity index (χ3v) is 4.11. The van der Waals surface area contributed by atoms with Crippen LogP contribution in [0.3, 0.4) is 0 Å². The van der Waals surface area contributed by atoms with Gasteiger partial charge in [0.25, 0.3) is 0 Å². The van der Waals surface area contributed by atoms with Crippen LogP contribution in [0.15, 0.2) is 42.7 Å². The van der Waals surface area contributed by atoms with Crippen LogP contribution in [0, 0.1) is 0 Å². The first kappa shape index (κ1) is 15.4. The summed E-state index contributed by atoms with van der Waals surface area (Å²) in [5.74, 6) is -1.05. The molecule has 1 aromatic carbocycles. The predicted molar refractivity (Wildman–Crippen MR) is 87.5 cm³/mol. The predicted octanol–water partition coefficient (Wildman–Crippen LogP) is 1.89. The second-order valence-electron chi connectivity index (χ2n) is 5.81. The maximum absolute atomic E-state index is 10.8. The van der Waals surface area contributed by atoms with Gasteiger partial charge < -0.3 is 10.0 Å². The molecular weight excluding hydrogens is 292 g/mol. The van der Waals surface area contributed by atoms with Crippen LogP contribution < -0.4 is 4.90 Å². The van der Waals surface area contributed by atoms with Crippen LogP contribution in [0.25, 0.3) is 0 Å². The van der Waals surface area contributed by atoms with Gasteiger partial charge in [0.1, 0.15) is 0 Å². The molecule has 1 aliphatic rings. The molecule has 23 heavy (non-hydrogen) atoms. The minimum atomic E-state index is -1.05. The monoisotopic (exact) mass is 312 g/mol. The van der Waals surface area contributed by atoms with Crippen molar-refractivity contribution in [3.8, 4) is 0 Å². The fourth-order valence-electron chi connectivity index (χ4n) is 2.96. The highest BCUT2D eigenvalue weighted by Crippen LogP contribution is 2.20. The summed E-state index contributed by atoms with van der Waals surface area (Å²) in [5.41, 5.74) is 2.04. The summed E-state index contributed by atoms with van der Waals surface area (Å²) >= 11 is 0. The molecule has 0 bridgehead atoms. The van der Waals surface area contributed by atoms with Crippen LogP contribution >= 0.6 is 0 Å². The molecular formula is C17H20N4O2. The fraction of sp³-hybridized carbons (Fsp3) is 0.353. The van der Waals surface area contributed by atoms with Crippen LogP contribution in [0.1, 0.15) is 23.1 Å². The largest absolute Gasteiger partial charge is 0.476 e. The van der Waals surface area contributed by atoms with Crippen molar-refractivity contribution in [2.75, 3.05) is 24.5 Å². The van der Waals surface area contributed by atoms with E-state index in [9.17, 15) is 4.79 Å². The van der Waals surface area contributed by atoms with Crippen LogP contribution in [-0.2, 0) is 6.54 Å².